The number of hydrogen-bond acceptors (Lipinski definition) is 4. The lowest BCUT2D eigenvalue weighted by atomic mass is 10.1. The summed E-state index contributed by atoms with van der Waals surface area (Å²) >= 11 is 5.58. The van der Waals surface area contributed by atoms with Crippen LogP contribution in [0.5, 0.6) is 0 Å². The molecule has 2 aromatic carbocycles. The molecule has 0 aliphatic rings. The summed E-state index contributed by atoms with van der Waals surface area (Å²) in [6.07, 6.45) is 1.16. The summed E-state index contributed by atoms with van der Waals surface area (Å²) in [4.78, 5) is 11.8. The van der Waals surface area contributed by atoms with Crippen molar-refractivity contribution in [2.24, 2.45) is 0 Å². The van der Waals surface area contributed by atoms with Gasteiger partial charge < -0.3 is 0 Å². The minimum atomic E-state index is -3.27. The van der Waals surface area contributed by atoms with E-state index in [0.29, 0.717) is 5.69 Å². The van der Waals surface area contributed by atoms with Gasteiger partial charge in [-0.2, -0.15) is 5.10 Å². The minimum Gasteiger partial charge on any atom is -0.274 e. The van der Waals surface area contributed by atoms with Gasteiger partial charge in [0.25, 0.3) is 5.24 Å². The average molecular weight is 375 g/mol. The van der Waals surface area contributed by atoms with Crippen molar-refractivity contribution >= 4 is 26.7 Å². The lowest BCUT2D eigenvalue weighted by molar-refractivity contribution is 0.107. The SMILES string of the molecule is Cc1ccc(-n2nc(C(=O)Cl)cc2-c2ccc(S(C)(=O)=O)cc2)cc1. The first-order chi connectivity index (χ1) is 11.8. The monoisotopic (exact) mass is 374 g/mol. The van der Waals surface area contributed by atoms with Gasteiger partial charge >= 0.3 is 0 Å². The molecule has 25 heavy (non-hydrogen) atoms. The quantitative estimate of drug-likeness (QED) is 0.654. The molecule has 0 unspecified atom stereocenters. The molecule has 7 heteroatoms. The Morgan fingerprint density at radius 2 is 1.64 bits per heavy atom. The van der Waals surface area contributed by atoms with Crippen molar-refractivity contribution < 1.29 is 13.2 Å². The Hall–Kier alpha value is -2.44. The van der Waals surface area contributed by atoms with E-state index in [1.165, 1.54) is 12.1 Å². The molecule has 5 nitrogen and oxygen atoms in total. The molecule has 0 radical (unpaired) electrons. The van der Waals surface area contributed by atoms with Gasteiger partial charge in [0.2, 0.25) is 0 Å². The third-order valence-corrected chi connectivity index (χ3v) is 5.09. The van der Waals surface area contributed by atoms with Gasteiger partial charge in [-0.15, -0.1) is 0 Å². The molecule has 0 N–H and O–H groups in total. The van der Waals surface area contributed by atoms with E-state index in [1.54, 1.807) is 22.9 Å². The molecule has 0 aliphatic carbocycles. The first kappa shape index (κ1) is 17.4. The van der Waals surface area contributed by atoms with Crippen molar-refractivity contribution in [2.45, 2.75) is 11.8 Å². The second-order valence-electron chi connectivity index (χ2n) is 5.73. The number of halogens is 1. The van der Waals surface area contributed by atoms with E-state index >= 15 is 0 Å². The van der Waals surface area contributed by atoms with E-state index in [-0.39, 0.29) is 10.6 Å². The highest BCUT2D eigenvalue weighted by atomic mass is 35.5. The van der Waals surface area contributed by atoms with Crippen LogP contribution in [-0.2, 0) is 9.84 Å². The summed E-state index contributed by atoms with van der Waals surface area (Å²) in [5.74, 6) is 0. The van der Waals surface area contributed by atoms with Crippen LogP contribution in [-0.4, -0.2) is 29.7 Å². The van der Waals surface area contributed by atoms with Crippen molar-refractivity contribution in [3.63, 3.8) is 0 Å². The lowest BCUT2D eigenvalue weighted by Gasteiger charge is -2.08. The van der Waals surface area contributed by atoms with E-state index in [1.807, 2.05) is 31.2 Å². The molecule has 1 heterocycles. The number of hydrogen-bond donors (Lipinski definition) is 0. The average Bonchev–Trinajstić information content (AvgIpc) is 3.00. The standard InChI is InChI=1S/C18H15ClN2O3S/c1-12-3-7-14(8-4-12)21-17(11-16(20-21)18(19)22)13-5-9-15(10-6-13)25(2,23)24/h3-11H,1-2H3. The molecular weight excluding hydrogens is 360 g/mol. The van der Waals surface area contributed by atoms with Crippen LogP contribution in [0.4, 0.5) is 0 Å². The molecule has 0 atom stereocenters. The van der Waals surface area contributed by atoms with Crippen LogP contribution in [0.3, 0.4) is 0 Å². The van der Waals surface area contributed by atoms with Crippen LogP contribution < -0.4 is 0 Å². The molecule has 0 aliphatic heterocycles. The minimum absolute atomic E-state index is 0.129. The summed E-state index contributed by atoms with van der Waals surface area (Å²) in [6.45, 7) is 1.98. The van der Waals surface area contributed by atoms with Gasteiger partial charge in [0.05, 0.1) is 16.3 Å². The van der Waals surface area contributed by atoms with Crippen LogP contribution >= 0.6 is 11.6 Å². The Kier molecular flexibility index (Phi) is 4.49. The molecule has 3 rings (SSSR count). The largest absolute Gasteiger partial charge is 0.274 e. The van der Waals surface area contributed by atoms with Crippen molar-refractivity contribution in [3.05, 3.63) is 65.9 Å². The van der Waals surface area contributed by atoms with Gasteiger partial charge in [-0.25, -0.2) is 13.1 Å². The van der Waals surface area contributed by atoms with Gasteiger partial charge in [0.1, 0.15) is 5.69 Å². The highest BCUT2D eigenvalue weighted by Crippen LogP contribution is 2.26. The zero-order valence-corrected chi connectivity index (χ0v) is 15.2. The number of sulfone groups is 1. The molecule has 0 saturated heterocycles. The highest BCUT2D eigenvalue weighted by molar-refractivity contribution is 7.90. The second kappa shape index (κ2) is 6.46. The summed E-state index contributed by atoms with van der Waals surface area (Å²) in [5.41, 5.74) is 3.38. The normalized spacial score (nSPS) is 11.5. The number of carbonyl (C=O) groups excluding carboxylic acids is 1. The molecule has 1 aromatic heterocycles. The zero-order chi connectivity index (χ0) is 18.2. The smallest absolute Gasteiger partial charge is 0.272 e. The second-order valence-corrected chi connectivity index (χ2v) is 8.09. The van der Waals surface area contributed by atoms with Gasteiger partial charge in [0.15, 0.2) is 9.84 Å². The van der Waals surface area contributed by atoms with Gasteiger partial charge in [0, 0.05) is 11.8 Å². The molecule has 0 saturated carbocycles. The van der Waals surface area contributed by atoms with Crippen LogP contribution in [0.15, 0.2) is 59.5 Å². The lowest BCUT2D eigenvalue weighted by Crippen LogP contribution is -2.01. The van der Waals surface area contributed by atoms with E-state index in [0.717, 1.165) is 23.1 Å². The predicted octanol–water partition coefficient (Wildman–Crippen LogP) is 3.63. The van der Waals surface area contributed by atoms with Crippen molar-refractivity contribution in [1.29, 1.82) is 0 Å². The summed E-state index contributed by atoms with van der Waals surface area (Å²) in [7, 11) is -3.27. The van der Waals surface area contributed by atoms with Crippen molar-refractivity contribution in [2.75, 3.05) is 6.26 Å². The van der Waals surface area contributed by atoms with E-state index in [2.05, 4.69) is 5.10 Å². The number of nitrogens with zero attached hydrogens (tertiary/aromatic N) is 2. The molecule has 0 spiro atoms. The Morgan fingerprint density at radius 1 is 1.04 bits per heavy atom. The van der Waals surface area contributed by atoms with E-state index < -0.39 is 15.1 Å². The fourth-order valence-electron chi connectivity index (χ4n) is 2.44. The Bertz CT molecular complexity index is 1040. The number of carbonyl (C=O) groups is 1. The molecule has 0 fully saturated rings. The maximum atomic E-state index is 11.6. The van der Waals surface area contributed by atoms with Crippen LogP contribution in [0.1, 0.15) is 16.1 Å². The Balaban J connectivity index is 2.14. The van der Waals surface area contributed by atoms with E-state index in [9.17, 15) is 13.2 Å². The molecule has 128 valence electrons. The number of aromatic nitrogens is 2. The third kappa shape index (κ3) is 3.65. The fourth-order valence-corrected chi connectivity index (χ4v) is 3.16. The molecule has 3 aromatic rings. The highest BCUT2D eigenvalue weighted by Gasteiger charge is 2.16. The summed E-state index contributed by atoms with van der Waals surface area (Å²) in [5, 5.41) is 3.62. The maximum Gasteiger partial charge on any atom is 0.272 e. The first-order valence-electron chi connectivity index (χ1n) is 7.43. The summed E-state index contributed by atoms with van der Waals surface area (Å²) in [6, 6.07) is 15.7. The topological polar surface area (TPSA) is 69.0 Å². The number of aryl methyl sites for hydroxylation is 1. The van der Waals surface area contributed by atoms with Crippen LogP contribution in [0, 0.1) is 6.92 Å². The zero-order valence-electron chi connectivity index (χ0n) is 13.6. The fraction of sp³-hybridized carbons (Fsp3) is 0.111. The summed E-state index contributed by atoms with van der Waals surface area (Å²) < 4.78 is 24.8. The van der Waals surface area contributed by atoms with Crippen LogP contribution in [0.25, 0.3) is 16.9 Å². The molecular formula is C18H15ClN2O3S. The number of rotatable bonds is 4. The van der Waals surface area contributed by atoms with Gasteiger partial charge in [-0.05, 0) is 48.9 Å². The molecule has 0 bridgehead atoms. The van der Waals surface area contributed by atoms with Crippen molar-refractivity contribution in [3.8, 4) is 16.9 Å². The third-order valence-electron chi connectivity index (χ3n) is 3.77. The maximum absolute atomic E-state index is 11.6. The number of benzene rings is 2. The first-order valence-corrected chi connectivity index (χ1v) is 9.70. The van der Waals surface area contributed by atoms with Gasteiger partial charge in [-0.3, -0.25) is 4.79 Å². The van der Waals surface area contributed by atoms with E-state index in [4.69, 9.17) is 11.6 Å². The Labute approximate surface area is 150 Å². The predicted molar refractivity (Wildman–Crippen MR) is 97.0 cm³/mol. The van der Waals surface area contributed by atoms with Crippen LogP contribution in [0.2, 0.25) is 0 Å². The Morgan fingerprint density at radius 3 is 2.16 bits per heavy atom. The van der Waals surface area contributed by atoms with Gasteiger partial charge in [-0.1, -0.05) is 29.8 Å². The van der Waals surface area contributed by atoms with Crippen molar-refractivity contribution in [1.82, 2.24) is 9.78 Å². The molecule has 0 amide bonds.